The van der Waals surface area contributed by atoms with E-state index in [2.05, 4.69) is 5.32 Å². The Bertz CT molecular complexity index is 428. The first kappa shape index (κ1) is 13.6. The van der Waals surface area contributed by atoms with E-state index in [9.17, 15) is 9.59 Å². The lowest BCUT2D eigenvalue weighted by Gasteiger charge is -2.31. The van der Waals surface area contributed by atoms with E-state index in [-0.39, 0.29) is 17.7 Å². The van der Waals surface area contributed by atoms with Gasteiger partial charge in [0, 0.05) is 45.5 Å². The number of piperidine rings is 1. The van der Waals surface area contributed by atoms with Gasteiger partial charge in [-0.15, -0.1) is 0 Å². The van der Waals surface area contributed by atoms with Crippen LogP contribution in [-0.2, 0) is 16.1 Å². The Hall–Kier alpha value is -1.78. The van der Waals surface area contributed by atoms with Gasteiger partial charge in [-0.25, -0.2) is 0 Å². The number of rotatable bonds is 4. The molecule has 0 bridgehead atoms. The predicted molar refractivity (Wildman–Crippen MR) is 72.4 cm³/mol. The lowest BCUT2D eigenvalue weighted by molar-refractivity contribution is -0.133. The van der Waals surface area contributed by atoms with Crippen LogP contribution >= 0.6 is 0 Å². The van der Waals surface area contributed by atoms with E-state index in [1.807, 2.05) is 29.1 Å². The van der Waals surface area contributed by atoms with Crippen molar-refractivity contribution < 1.29 is 9.59 Å². The lowest BCUT2D eigenvalue weighted by atomic mass is 9.97. The molecule has 0 spiro atoms. The highest BCUT2D eigenvalue weighted by molar-refractivity contribution is 5.80. The summed E-state index contributed by atoms with van der Waals surface area (Å²) in [6.45, 7) is 4.31. The standard InChI is InChI=1S/C14H21N3O2/c1-12(18)17-9-4-5-13(11-17)14(19)15-6-10-16-7-2-3-8-16/h2-3,7-8,13H,4-6,9-11H2,1H3,(H,15,19). The molecule has 0 radical (unpaired) electrons. The Balaban J connectivity index is 1.74. The summed E-state index contributed by atoms with van der Waals surface area (Å²) >= 11 is 0. The van der Waals surface area contributed by atoms with Crippen LogP contribution in [0.3, 0.4) is 0 Å². The van der Waals surface area contributed by atoms with Gasteiger partial charge >= 0.3 is 0 Å². The molecule has 1 aromatic rings. The Labute approximate surface area is 113 Å². The summed E-state index contributed by atoms with van der Waals surface area (Å²) in [6, 6.07) is 3.93. The normalized spacial score (nSPS) is 19.2. The fourth-order valence-corrected chi connectivity index (χ4v) is 2.45. The van der Waals surface area contributed by atoms with Crippen molar-refractivity contribution in [3.8, 4) is 0 Å². The third-order valence-electron chi connectivity index (χ3n) is 3.57. The number of amides is 2. The van der Waals surface area contributed by atoms with Crippen LogP contribution in [0, 0.1) is 5.92 Å². The molecule has 1 saturated heterocycles. The molecule has 2 heterocycles. The van der Waals surface area contributed by atoms with Gasteiger partial charge in [-0.2, -0.15) is 0 Å². The molecule has 1 atom stereocenters. The average Bonchev–Trinajstić information content (AvgIpc) is 2.92. The van der Waals surface area contributed by atoms with Crippen LogP contribution in [0.1, 0.15) is 19.8 Å². The highest BCUT2D eigenvalue weighted by Crippen LogP contribution is 2.16. The first-order valence-electron chi connectivity index (χ1n) is 6.81. The first-order valence-corrected chi connectivity index (χ1v) is 6.81. The maximum Gasteiger partial charge on any atom is 0.224 e. The summed E-state index contributed by atoms with van der Waals surface area (Å²) in [7, 11) is 0. The van der Waals surface area contributed by atoms with Crippen LogP contribution in [-0.4, -0.2) is 40.9 Å². The Kier molecular flexibility index (Phi) is 4.60. The van der Waals surface area contributed by atoms with Gasteiger partial charge in [0.15, 0.2) is 0 Å². The molecule has 19 heavy (non-hydrogen) atoms. The zero-order valence-corrected chi connectivity index (χ0v) is 11.3. The van der Waals surface area contributed by atoms with E-state index in [0.29, 0.717) is 13.1 Å². The average molecular weight is 263 g/mol. The summed E-state index contributed by atoms with van der Waals surface area (Å²) < 4.78 is 2.03. The molecule has 1 aliphatic rings. The van der Waals surface area contributed by atoms with Gasteiger partial charge in [-0.1, -0.05) is 0 Å². The van der Waals surface area contributed by atoms with Gasteiger partial charge in [0.25, 0.3) is 0 Å². The third-order valence-corrected chi connectivity index (χ3v) is 3.57. The fourth-order valence-electron chi connectivity index (χ4n) is 2.45. The Morgan fingerprint density at radius 3 is 2.74 bits per heavy atom. The van der Waals surface area contributed by atoms with Crippen LogP contribution in [0.4, 0.5) is 0 Å². The highest BCUT2D eigenvalue weighted by Gasteiger charge is 2.26. The molecule has 1 N–H and O–H groups in total. The summed E-state index contributed by atoms with van der Waals surface area (Å²) in [5.41, 5.74) is 0. The quantitative estimate of drug-likeness (QED) is 0.876. The van der Waals surface area contributed by atoms with E-state index in [4.69, 9.17) is 0 Å². The number of nitrogens with one attached hydrogen (secondary N) is 1. The van der Waals surface area contributed by atoms with Crippen LogP contribution in [0.5, 0.6) is 0 Å². The van der Waals surface area contributed by atoms with Gasteiger partial charge in [-0.3, -0.25) is 9.59 Å². The van der Waals surface area contributed by atoms with Crippen molar-refractivity contribution in [3.63, 3.8) is 0 Å². The summed E-state index contributed by atoms with van der Waals surface area (Å²) in [5.74, 6) is 0.0743. The molecule has 1 unspecified atom stereocenters. The zero-order chi connectivity index (χ0) is 13.7. The fraction of sp³-hybridized carbons (Fsp3) is 0.571. The summed E-state index contributed by atoms with van der Waals surface area (Å²) in [5, 5.41) is 2.95. The second-order valence-corrected chi connectivity index (χ2v) is 5.02. The first-order chi connectivity index (χ1) is 9.16. The van der Waals surface area contributed by atoms with Crippen molar-refractivity contribution >= 4 is 11.8 Å². The van der Waals surface area contributed by atoms with Gasteiger partial charge in [0.05, 0.1) is 5.92 Å². The van der Waals surface area contributed by atoms with E-state index < -0.39 is 0 Å². The van der Waals surface area contributed by atoms with E-state index >= 15 is 0 Å². The molecule has 104 valence electrons. The smallest absolute Gasteiger partial charge is 0.224 e. The maximum atomic E-state index is 12.0. The van der Waals surface area contributed by atoms with Crippen molar-refractivity contribution in [3.05, 3.63) is 24.5 Å². The number of nitrogens with zero attached hydrogens (tertiary/aromatic N) is 2. The monoisotopic (exact) mass is 263 g/mol. The second kappa shape index (κ2) is 6.41. The van der Waals surface area contributed by atoms with Crippen molar-refractivity contribution in [1.29, 1.82) is 0 Å². The number of aromatic nitrogens is 1. The molecule has 1 aliphatic heterocycles. The predicted octanol–water partition coefficient (Wildman–Crippen LogP) is 0.863. The molecule has 0 saturated carbocycles. The van der Waals surface area contributed by atoms with Crippen molar-refractivity contribution in [1.82, 2.24) is 14.8 Å². The minimum absolute atomic E-state index is 0.0534. The lowest BCUT2D eigenvalue weighted by Crippen LogP contribution is -2.45. The number of likely N-dealkylation sites (tertiary alicyclic amines) is 1. The van der Waals surface area contributed by atoms with Crippen molar-refractivity contribution in [2.75, 3.05) is 19.6 Å². The van der Waals surface area contributed by atoms with Gasteiger partial charge in [0.2, 0.25) is 11.8 Å². The minimum Gasteiger partial charge on any atom is -0.354 e. The van der Waals surface area contributed by atoms with Gasteiger partial charge < -0.3 is 14.8 Å². The Morgan fingerprint density at radius 2 is 2.05 bits per heavy atom. The van der Waals surface area contributed by atoms with Crippen LogP contribution < -0.4 is 5.32 Å². The summed E-state index contributed by atoms with van der Waals surface area (Å²) in [4.78, 5) is 25.1. The maximum absolute atomic E-state index is 12.0. The third kappa shape index (κ3) is 3.84. The van der Waals surface area contributed by atoms with Gasteiger partial charge in [-0.05, 0) is 25.0 Å². The number of hydrogen-bond acceptors (Lipinski definition) is 2. The Morgan fingerprint density at radius 1 is 1.32 bits per heavy atom. The van der Waals surface area contributed by atoms with Gasteiger partial charge in [0.1, 0.15) is 0 Å². The molecular weight excluding hydrogens is 242 g/mol. The molecular formula is C14H21N3O2. The molecule has 0 aromatic carbocycles. The SMILES string of the molecule is CC(=O)N1CCCC(C(=O)NCCn2cccc2)C1. The number of carbonyl (C=O) groups is 2. The second-order valence-electron chi connectivity index (χ2n) is 5.02. The molecule has 5 nitrogen and oxygen atoms in total. The molecule has 2 rings (SSSR count). The van der Waals surface area contributed by atoms with Crippen LogP contribution in [0.2, 0.25) is 0 Å². The van der Waals surface area contributed by atoms with E-state index in [1.165, 1.54) is 0 Å². The number of carbonyl (C=O) groups excluding carboxylic acids is 2. The van der Waals surface area contributed by atoms with Crippen LogP contribution in [0.25, 0.3) is 0 Å². The minimum atomic E-state index is -0.0534. The molecule has 1 aromatic heterocycles. The largest absolute Gasteiger partial charge is 0.354 e. The number of hydrogen-bond donors (Lipinski definition) is 1. The molecule has 5 heteroatoms. The topological polar surface area (TPSA) is 54.3 Å². The summed E-state index contributed by atoms with van der Waals surface area (Å²) in [6.07, 6.45) is 5.74. The highest BCUT2D eigenvalue weighted by atomic mass is 16.2. The van der Waals surface area contributed by atoms with Crippen LogP contribution in [0.15, 0.2) is 24.5 Å². The van der Waals surface area contributed by atoms with E-state index in [0.717, 1.165) is 25.9 Å². The van der Waals surface area contributed by atoms with E-state index in [1.54, 1.807) is 11.8 Å². The van der Waals surface area contributed by atoms with Crippen molar-refractivity contribution in [2.24, 2.45) is 5.92 Å². The zero-order valence-electron chi connectivity index (χ0n) is 11.3. The van der Waals surface area contributed by atoms with Crippen molar-refractivity contribution in [2.45, 2.75) is 26.3 Å². The molecule has 0 aliphatic carbocycles. The molecule has 2 amide bonds. The molecule has 1 fully saturated rings.